The SMILES string of the molecule is C1CC[C@H](OCC2CO2)OC1. The first-order chi connectivity index (χ1) is 5.45. The number of hydrogen-bond acceptors (Lipinski definition) is 3. The van der Waals surface area contributed by atoms with Crippen LogP contribution >= 0.6 is 0 Å². The van der Waals surface area contributed by atoms with Crippen LogP contribution in [-0.2, 0) is 14.2 Å². The third kappa shape index (κ3) is 2.43. The van der Waals surface area contributed by atoms with Crippen LogP contribution in [0, 0.1) is 0 Å². The molecule has 0 N–H and O–H groups in total. The minimum Gasteiger partial charge on any atom is -0.371 e. The summed E-state index contributed by atoms with van der Waals surface area (Å²) in [5.74, 6) is 0. The van der Waals surface area contributed by atoms with E-state index in [1.54, 1.807) is 0 Å². The van der Waals surface area contributed by atoms with Crippen molar-refractivity contribution < 1.29 is 14.2 Å². The molecule has 0 bridgehead atoms. The molecule has 2 atom stereocenters. The Morgan fingerprint density at radius 2 is 2.18 bits per heavy atom. The molecule has 2 aliphatic rings. The molecule has 3 nitrogen and oxygen atoms in total. The Morgan fingerprint density at radius 3 is 2.82 bits per heavy atom. The molecule has 2 heterocycles. The Kier molecular flexibility index (Phi) is 2.41. The van der Waals surface area contributed by atoms with Crippen LogP contribution in [0.4, 0.5) is 0 Å². The number of hydrogen-bond donors (Lipinski definition) is 0. The average molecular weight is 158 g/mol. The molecule has 2 saturated heterocycles. The zero-order valence-electron chi connectivity index (χ0n) is 6.62. The van der Waals surface area contributed by atoms with E-state index >= 15 is 0 Å². The second-order valence-corrected chi connectivity index (χ2v) is 3.08. The van der Waals surface area contributed by atoms with Gasteiger partial charge < -0.3 is 14.2 Å². The summed E-state index contributed by atoms with van der Waals surface area (Å²) < 4.78 is 15.9. The molecule has 2 rings (SSSR count). The van der Waals surface area contributed by atoms with Crippen LogP contribution in [-0.4, -0.2) is 32.2 Å². The largest absolute Gasteiger partial charge is 0.371 e. The third-order valence-electron chi connectivity index (χ3n) is 2.01. The Balaban J connectivity index is 1.59. The highest BCUT2D eigenvalue weighted by Crippen LogP contribution is 2.16. The standard InChI is InChI=1S/C8H14O3/c1-2-4-9-8(3-1)11-6-7-5-10-7/h7-8H,1-6H2/t7?,8-/m0/s1. The second kappa shape index (κ2) is 3.52. The van der Waals surface area contributed by atoms with E-state index in [2.05, 4.69) is 0 Å². The van der Waals surface area contributed by atoms with Gasteiger partial charge in [0.1, 0.15) is 6.10 Å². The fourth-order valence-corrected chi connectivity index (χ4v) is 1.22. The smallest absolute Gasteiger partial charge is 0.157 e. The van der Waals surface area contributed by atoms with Crippen molar-refractivity contribution in [3.05, 3.63) is 0 Å². The molecule has 2 fully saturated rings. The molecule has 0 spiro atoms. The highest BCUT2D eigenvalue weighted by atomic mass is 16.7. The van der Waals surface area contributed by atoms with Crippen LogP contribution in [0.3, 0.4) is 0 Å². The van der Waals surface area contributed by atoms with Gasteiger partial charge in [0.2, 0.25) is 0 Å². The quantitative estimate of drug-likeness (QED) is 0.572. The summed E-state index contributed by atoms with van der Waals surface area (Å²) in [5.41, 5.74) is 0. The van der Waals surface area contributed by atoms with Crippen molar-refractivity contribution in [1.82, 2.24) is 0 Å². The topological polar surface area (TPSA) is 31.0 Å². The lowest BCUT2D eigenvalue weighted by molar-refractivity contribution is -0.164. The molecule has 3 heteroatoms. The highest BCUT2D eigenvalue weighted by molar-refractivity contribution is 4.68. The lowest BCUT2D eigenvalue weighted by Crippen LogP contribution is -2.23. The summed E-state index contributed by atoms with van der Waals surface area (Å²) in [6.07, 6.45) is 3.87. The van der Waals surface area contributed by atoms with Crippen molar-refractivity contribution in [3.63, 3.8) is 0 Å². The van der Waals surface area contributed by atoms with Gasteiger partial charge in [-0.1, -0.05) is 0 Å². The van der Waals surface area contributed by atoms with Crippen molar-refractivity contribution in [2.24, 2.45) is 0 Å². The van der Waals surface area contributed by atoms with Gasteiger partial charge >= 0.3 is 0 Å². The minimum absolute atomic E-state index is 0.0490. The zero-order valence-corrected chi connectivity index (χ0v) is 6.62. The Bertz CT molecular complexity index is 117. The molecule has 0 aromatic carbocycles. The normalized spacial score (nSPS) is 37.1. The predicted octanol–water partition coefficient (Wildman–Crippen LogP) is 0.928. The molecule has 64 valence electrons. The van der Waals surface area contributed by atoms with Crippen LogP contribution in [0.5, 0.6) is 0 Å². The van der Waals surface area contributed by atoms with E-state index in [9.17, 15) is 0 Å². The summed E-state index contributed by atoms with van der Waals surface area (Å²) >= 11 is 0. The lowest BCUT2D eigenvalue weighted by atomic mass is 10.2. The Hall–Kier alpha value is -0.120. The summed E-state index contributed by atoms with van der Waals surface area (Å²) in [4.78, 5) is 0. The van der Waals surface area contributed by atoms with E-state index in [1.807, 2.05) is 0 Å². The first-order valence-corrected chi connectivity index (χ1v) is 4.30. The fourth-order valence-electron chi connectivity index (χ4n) is 1.22. The van der Waals surface area contributed by atoms with E-state index in [-0.39, 0.29) is 6.29 Å². The Morgan fingerprint density at radius 1 is 1.27 bits per heavy atom. The van der Waals surface area contributed by atoms with Crippen molar-refractivity contribution in [1.29, 1.82) is 0 Å². The molecular formula is C8H14O3. The molecule has 1 unspecified atom stereocenters. The van der Waals surface area contributed by atoms with Crippen LogP contribution in [0.25, 0.3) is 0 Å². The van der Waals surface area contributed by atoms with Crippen LogP contribution in [0.1, 0.15) is 19.3 Å². The van der Waals surface area contributed by atoms with Crippen molar-refractivity contribution in [2.45, 2.75) is 31.7 Å². The van der Waals surface area contributed by atoms with Gasteiger partial charge in [-0.25, -0.2) is 0 Å². The molecule has 2 aliphatic heterocycles. The van der Waals surface area contributed by atoms with Gasteiger partial charge in [-0.2, -0.15) is 0 Å². The average Bonchev–Trinajstić information content (AvgIpc) is 2.86. The third-order valence-corrected chi connectivity index (χ3v) is 2.01. The summed E-state index contributed by atoms with van der Waals surface area (Å²) in [7, 11) is 0. The predicted molar refractivity (Wildman–Crippen MR) is 39.3 cm³/mol. The molecule has 0 amide bonds. The van der Waals surface area contributed by atoms with E-state index in [1.165, 1.54) is 12.8 Å². The minimum atomic E-state index is 0.0490. The van der Waals surface area contributed by atoms with Crippen LogP contribution in [0.15, 0.2) is 0 Å². The number of ether oxygens (including phenoxy) is 3. The van der Waals surface area contributed by atoms with Crippen LogP contribution in [0.2, 0.25) is 0 Å². The molecule has 0 aromatic rings. The molecule has 0 saturated carbocycles. The number of rotatable bonds is 3. The molecule has 0 radical (unpaired) electrons. The van der Waals surface area contributed by atoms with E-state index in [0.29, 0.717) is 12.7 Å². The summed E-state index contributed by atoms with van der Waals surface area (Å²) in [5, 5.41) is 0. The van der Waals surface area contributed by atoms with Gasteiger partial charge in [0.15, 0.2) is 6.29 Å². The maximum absolute atomic E-state index is 5.46. The van der Waals surface area contributed by atoms with Crippen molar-refractivity contribution in [3.8, 4) is 0 Å². The molecule has 0 aromatic heterocycles. The molecule has 11 heavy (non-hydrogen) atoms. The second-order valence-electron chi connectivity index (χ2n) is 3.08. The number of epoxide rings is 1. The molecule has 0 aliphatic carbocycles. The van der Waals surface area contributed by atoms with Gasteiger partial charge in [-0.05, 0) is 19.3 Å². The monoisotopic (exact) mass is 158 g/mol. The van der Waals surface area contributed by atoms with Gasteiger partial charge in [-0.15, -0.1) is 0 Å². The first-order valence-electron chi connectivity index (χ1n) is 4.30. The zero-order chi connectivity index (χ0) is 7.52. The van der Waals surface area contributed by atoms with Crippen molar-refractivity contribution >= 4 is 0 Å². The summed E-state index contributed by atoms with van der Waals surface area (Å²) in [6, 6.07) is 0. The highest BCUT2D eigenvalue weighted by Gasteiger charge is 2.25. The van der Waals surface area contributed by atoms with Crippen molar-refractivity contribution in [2.75, 3.05) is 19.8 Å². The first kappa shape index (κ1) is 7.53. The van der Waals surface area contributed by atoms with Gasteiger partial charge in [0.25, 0.3) is 0 Å². The Labute approximate surface area is 66.6 Å². The van der Waals surface area contributed by atoms with Crippen LogP contribution < -0.4 is 0 Å². The maximum Gasteiger partial charge on any atom is 0.157 e. The fraction of sp³-hybridized carbons (Fsp3) is 1.00. The molecular weight excluding hydrogens is 144 g/mol. The maximum atomic E-state index is 5.46. The van der Waals surface area contributed by atoms with E-state index < -0.39 is 0 Å². The van der Waals surface area contributed by atoms with Gasteiger partial charge in [0, 0.05) is 6.61 Å². The summed E-state index contributed by atoms with van der Waals surface area (Å²) in [6.45, 7) is 2.44. The van der Waals surface area contributed by atoms with Gasteiger partial charge in [0.05, 0.1) is 13.2 Å². The lowest BCUT2D eigenvalue weighted by Gasteiger charge is -2.22. The van der Waals surface area contributed by atoms with E-state index in [0.717, 1.165) is 19.6 Å². The van der Waals surface area contributed by atoms with E-state index in [4.69, 9.17) is 14.2 Å². The van der Waals surface area contributed by atoms with Gasteiger partial charge in [-0.3, -0.25) is 0 Å².